The molecule has 0 aliphatic heterocycles. The Morgan fingerprint density at radius 2 is 1.82 bits per heavy atom. The first-order chi connectivity index (χ1) is 15.8. The van der Waals surface area contributed by atoms with Crippen LogP contribution in [-0.2, 0) is 25.8 Å². The fourth-order valence-corrected chi connectivity index (χ4v) is 3.65. The minimum atomic E-state index is -0.595. The predicted molar refractivity (Wildman–Crippen MR) is 128 cm³/mol. The molecule has 1 fully saturated rings. The molecule has 6 nitrogen and oxygen atoms in total. The Balaban J connectivity index is 0.00000187. The minimum Gasteiger partial charge on any atom is -0.464 e. The van der Waals surface area contributed by atoms with Gasteiger partial charge in [0, 0.05) is 17.0 Å². The fraction of sp³-hybridized carbons (Fsp3) is 0.423. The van der Waals surface area contributed by atoms with Gasteiger partial charge in [-0.2, -0.15) is 0 Å². The van der Waals surface area contributed by atoms with Gasteiger partial charge in [-0.05, 0) is 50.3 Å². The van der Waals surface area contributed by atoms with Crippen LogP contribution < -0.4 is 0 Å². The lowest BCUT2D eigenvalue weighted by molar-refractivity contribution is -0.132. The zero-order valence-electron chi connectivity index (χ0n) is 20.4. The highest BCUT2D eigenvalue weighted by Gasteiger charge is 2.41. The number of ether oxygens (including phenoxy) is 1. The number of methoxy groups -OCH3 is 1. The lowest BCUT2D eigenvalue weighted by Crippen LogP contribution is -2.19. The van der Waals surface area contributed by atoms with Gasteiger partial charge in [0.15, 0.2) is 5.71 Å². The van der Waals surface area contributed by atoms with Crippen molar-refractivity contribution in [2.24, 2.45) is 16.2 Å². The van der Waals surface area contributed by atoms with E-state index in [-0.39, 0.29) is 24.1 Å². The number of hydrogen-bond donors (Lipinski definition) is 0. The topological polar surface area (TPSA) is 69.5 Å². The van der Waals surface area contributed by atoms with E-state index in [0.29, 0.717) is 17.0 Å². The van der Waals surface area contributed by atoms with E-state index >= 15 is 0 Å². The number of hydrogen-bond acceptors (Lipinski definition) is 6. The Labute approximate surface area is 195 Å². The van der Waals surface area contributed by atoms with E-state index in [2.05, 4.69) is 10.3 Å². The van der Waals surface area contributed by atoms with Crippen molar-refractivity contribution in [3.8, 4) is 0 Å². The third kappa shape index (κ3) is 6.63. The molecule has 0 saturated heterocycles. The molecule has 2 unspecified atom stereocenters. The van der Waals surface area contributed by atoms with Crippen molar-refractivity contribution in [2.45, 2.75) is 53.6 Å². The maximum atomic E-state index is 13.5. The van der Waals surface area contributed by atoms with Crippen molar-refractivity contribution < 1.29 is 23.6 Å². The molecule has 2 aromatic carbocycles. The van der Waals surface area contributed by atoms with Crippen molar-refractivity contribution >= 4 is 17.4 Å². The molecule has 1 saturated carbocycles. The Hall–Kier alpha value is -3.22. The van der Waals surface area contributed by atoms with Crippen LogP contribution in [0.2, 0.25) is 0 Å². The molecule has 33 heavy (non-hydrogen) atoms. The van der Waals surface area contributed by atoms with E-state index in [9.17, 15) is 9.18 Å². The molecule has 2 aromatic rings. The zero-order valence-corrected chi connectivity index (χ0v) is 20.4. The summed E-state index contributed by atoms with van der Waals surface area (Å²) in [6, 6.07) is 10.8. The van der Waals surface area contributed by atoms with Crippen molar-refractivity contribution in [3.05, 3.63) is 70.0 Å². The van der Waals surface area contributed by atoms with Gasteiger partial charge in [-0.3, -0.25) is 0 Å². The van der Waals surface area contributed by atoms with Gasteiger partial charge in [-0.15, -0.1) is 0 Å². The number of carbonyl (C=O) groups excluding carboxylic acids is 1. The molecule has 0 aromatic heterocycles. The highest BCUT2D eigenvalue weighted by molar-refractivity contribution is 6.43. The molecule has 178 valence electrons. The van der Waals surface area contributed by atoms with Gasteiger partial charge in [0.25, 0.3) is 0 Å². The lowest BCUT2D eigenvalue weighted by Gasteiger charge is -2.11. The summed E-state index contributed by atoms with van der Waals surface area (Å²) in [4.78, 5) is 22.6. The van der Waals surface area contributed by atoms with Crippen LogP contribution in [0, 0.1) is 25.6 Å². The molecular weight excluding hydrogens is 423 g/mol. The van der Waals surface area contributed by atoms with Gasteiger partial charge >= 0.3 is 5.97 Å². The third-order valence-corrected chi connectivity index (χ3v) is 5.44. The monoisotopic (exact) mass is 456 g/mol. The average Bonchev–Trinajstić information content (AvgIpc) is 3.62. The van der Waals surface area contributed by atoms with Gasteiger partial charge in [0.1, 0.15) is 19.5 Å². The predicted octanol–water partition coefficient (Wildman–Crippen LogP) is 5.69. The van der Waals surface area contributed by atoms with Crippen molar-refractivity contribution in [1.29, 1.82) is 0 Å². The van der Waals surface area contributed by atoms with Crippen LogP contribution in [0.4, 0.5) is 4.39 Å². The molecule has 0 amide bonds. The summed E-state index contributed by atoms with van der Waals surface area (Å²) in [7, 11) is 2.66. The van der Waals surface area contributed by atoms with Crippen molar-refractivity contribution in [3.63, 3.8) is 0 Å². The number of halogens is 1. The third-order valence-electron chi connectivity index (χ3n) is 5.44. The van der Waals surface area contributed by atoms with Gasteiger partial charge in [0.2, 0.25) is 0 Å². The Kier molecular flexibility index (Phi) is 9.57. The maximum Gasteiger partial charge on any atom is 0.360 e. The SMILES string of the molecule is CC.CO/N=C(/C(=O)OC)c1ccc(C)cc1CO/N=C(/C)C1CC1c1ccc(F)c(C)c1. The summed E-state index contributed by atoms with van der Waals surface area (Å²) in [5.74, 6) is -0.169. The summed E-state index contributed by atoms with van der Waals surface area (Å²) in [5.41, 5.74) is 5.06. The second-order valence-corrected chi connectivity index (χ2v) is 7.74. The van der Waals surface area contributed by atoms with Crippen LogP contribution in [0.25, 0.3) is 0 Å². The molecule has 7 heteroatoms. The molecule has 2 atom stereocenters. The fourth-order valence-electron chi connectivity index (χ4n) is 3.65. The van der Waals surface area contributed by atoms with Crippen molar-refractivity contribution in [1.82, 2.24) is 0 Å². The van der Waals surface area contributed by atoms with Crippen LogP contribution >= 0.6 is 0 Å². The van der Waals surface area contributed by atoms with Crippen LogP contribution in [0.5, 0.6) is 0 Å². The number of oxime groups is 2. The van der Waals surface area contributed by atoms with Gasteiger partial charge in [-0.1, -0.05) is 60.1 Å². The molecule has 3 rings (SSSR count). The lowest BCUT2D eigenvalue weighted by atomic mass is 10.0. The quantitative estimate of drug-likeness (QED) is 0.291. The average molecular weight is 457 g/mol. The first kappa shape index (κ1) is 26.0. The molecule has 0 heterocycles. The summed E-state index contributed by atoms with van der Waals surface area (Å²) in [6.45, 7) is 9.83. The van der Waals surface area contributed by atoms with Crippen molar-refractivity contribution in [2.75, 3.05) is 14.2 Å². The Bertz CT molecular complexity index is 1030. The number of aryl methyl sites for hydroxylation is 2. The normalized spacial score (nSPS) is 17.6. The van der Waals surface area contributed by atoms with Crippen LogP contribution in [0.15, 0.2) is 46.7 Å². The van der Waals surface area contributed by atoms with E-state index in [1.165, 1.54) is 20.3 Å². The summed E-state index contributed by atoms with van der Waals surface area (Å²) in [6.07, 6.45) is 0.965. The highest BCUT2D eigenvalue weighted by Crippen LogP contribution is 2.48. The largest absolute Gasteiger partial charge is 0.464 e. The minimum absolute atomic E-state index is 0.0678. The number of carbonyl (C=O) groups is 1. The van der Waals surface area contributed by atoms with Crippen LogP contribution in [-0.4, -0.2) is 31.6 Å². The molecule has 0 bridgehead atoms. The van der Waals surface area contributed by atoms with E-state index in [4.69, 9.17) is 14.4 Å². The van der Waals surface area contributed by atoms with E-state index < -0.39 is 5.97 Å². The molecule has 0 radical (unpaired) electrons. The van der Waals surface area contributed by atoms with Crippen LogP contribution in [0.3, 0.4) is 0 Å². The van der Waals surface area contributed by atoms with Gasteiger partial charge in [-0.25, -0.2) is 9.18 Å². The van der Waals surface area contributed by atoms with Gasteiger partial charge in [0.05, 0.1) is 12.8 Å². The first-order valence-corrected chi connectivity index (χ1v) is 11.1. The standard InChI is InChI=1S/C24H27FN2O4.C2H6/c1-14-6-8-19(23(27-30-5)24(28)29-4)18(10-14)13-31-26-16(3)20-12-21(20)17-7-9-22(25)15(2)11-17;1-2/h6-11,20-21H,12-13H2,1-5H3;1-2H3/b26-16-,27-23+;. The number of esters is 1. The summed E-state index contributed by atoms with van der Waals surface area (Å²) < 4.78 is 18.3. The first-order valence-electron chi connectivity index (χ1n) is 11.1. The van der Waals surface area contributed by atoms with E-state index in [1.807, 2.05) is 52.0 Å². The van der Waals surface area contributed by atoms with Crippen LogP contribution in [0.1, 0.15) is 60.9 Å². The smallest absolute Gasteiger partial charge is 0.360 e. The second kappa shape index (κ2) is 12.1. The Morgan fingerprint density at radius 3 is 2.45 bits per heavy atom. The summed E-state index contributed by atoms with van der Waals surface area (Å²) in [5, 5.41) is 8.11. The van der Waals surface area contributed by atoms with Gasteiger partial charge < -0.3 is 14.4 Å². The molecule has 1 aliphatic rings. The van der Waals surface area contributed by atoms with E-state index in [1.54, 1.807) is 13.0 Å². The molecule has 0 spiro atoms. The Morgan fingerprint density at radius 1 is 1.09 bits per heavy atom. The zero-order chi connectivity index (χ0) is 24.5. The molecule has 0 N–H and O–H groups in total. The number of benzene rings is 2. The summed E-state index contributed by atoms with van der Waals surface area (Å²) >= 11 is 0. The van der Waals surface area contributed by atoms with E-state index in [0.717, 1.165) is 28.8 Å². The highest BCUT2D eigenvalue weighted by atomic mass is 19.1. The molecule has 1 aliphatic carbocycles. The number of rotatable bonds is 8. The number of nitrogens with zero attached hydrogens (tertiary/aromatic N) is 2. The maximum absolute atomic E-state index is 13.5. The second-order valence-electron chi connectivity index (χ2n) is 7.74. The molecular formula is C26H33FN2O4.